The van der Waals surface area contributed by atoms with Gasteiger partial charge in [0.05, 0.1) is 4.90 Å². The molecule has 1 saturated heterocycles. The van der Waals surface area contributed by atoms with E-state index in [0.717, 1.165) is 6.54 Å². The zero-order valence-electron chi connectivity index (χ0n) is 13.5. The molecule has 2 aromatic rings. The summed E-state index contributed by atoms with van der Waals surface area (Å²) in [5.41, 5.74) is 0.424. The normalized spacial score (nSPS) is 17.0. The molecule has 0 amide bonds. The number of carbonyl (C=O) groups is 1. The van der Waals surface area contributed by atoms with Crippen LogP contribution in [0.4, 0.5) is 0 Å². The smallest absolute Gasteiger partial charge is 0.243 e. The maximum absolute atomic E-state index is 12.8. The van der Waals surface area contributed by atoms with Crippen molar-refractivity contribution in [2.45, 2.75) is 18.4 Å². The minimum atomic E-state index is -3.55. The summed E-state index contributed by atoms with van der Waals surface area (Å²) >= 11 is 1.72. The molecule has 0 aliphatic carbocycles. The molecule has 0 unspecified atom stereocenters. The Morgan fingerprint density at radius 1 is 1.12 bits per heavy atom. The molecule has 0 spiro atoms. The Bertz CT molecular complexity index is 808. The SMILES string of the molecule is CC(=O)c1cccc(S(=O)(=O)N2CCN(Cc3cccs3)CC2)c1. The van der Waals surface area contributed by atoms with E-state index in [0.29, 0.717) is 31.7 Å². The van der Waals surface area contributed by atoms with Gasteiger partial charge in [0.2, 0.25) is 10.0 Å². The third-order valence-electron chi connectivity index (χ3n) is 4.17. The number of benzene rings is 1. The number of hydrogen-bond donors (Lipinski definition) is 0. The van der Waals surface area contributed by atoms with E-state index in [1.54, 1.807) is 29.5 Å². The predicted octanol–water partition coefficient (Wildman–Crippen LogP) is 2.46. The summed E-state index contributed by atoms with van der Waals surface area (Å²) in [6, 6.07) is 10.4. The van der Waals surface area contributed by atoms with Crippen LogP contribution in [0.15, 0.2) is 46.7 Å². The number of thiophene rings is 1. The van der Waals surface area contributed by atoms with E-state index in [2.05, 4.69) is 16.3 Å². The lowest BCUT2D eigenvalue weighted by Crippen LogP contribution is -2.48. The van der Waals surface area contributed by atoms with Gasteiger partial charge in [-0.3, -0.25) is 9.69 Å². The molecule has 128 valence electrons. The monoisotopic (exact) mass is 364 g/mol. The van der Waals surface area contributed by atoms with E-state index in [1.165, 1.54) is 22.2 Å². The first-order valence-corrected chi connectivity index (χ1v) is 10.1. The van der Waals surface area contributed by atoms with Gasteiger partial charge < -0.3 is 0 Å². The molecular weight excluding hydrogens is 344 g/mol. The second-order valence-corrected chi connectivity index (χ2v) is 8.81. The molecule has 0 bridgehead atoms. The molecule has 1 aromatic heterocycles. The van der Waals surface area contributed by atoms with E-state index in [1.807, 2.05) is 6.07 Å². The fourth-order valence-electron chi connectivity index (χ4n) is 2.78. The Labute approximate surface area is 146 Å². The number of ketones is 1. The maximum atomic E-state index is 12.8. The zero-order chi connectivity index (χ0) is 17.2. The fraction of sp³-hybridized carbons (Fsp3) is 0.353. The van der Waals surface area contributed by atoms with Crippen LogP contribution in [0.2, 0.25) is 0 Å². The molecule has 0 atom stereocenters. The van der Waals surface area contributed by atoms with Crippen molar-refractivity contribution in [1.82, 2.24) is 9.21 Å². The summed E-state index contributed by atoms with van der Waals surface area (Å²) in [5.74, 6) is -0.132. The number of rotatable bonds is 5. The van der Waals surface area contributed by atoms with Crippen LogP contribution in [-0.4, -0.2) is 49.6 Å². The molecule has 5 nitrogen and oxygen atoms in total. The highest BCUT2D eigenvalue weighted by Crippen LogP contribution is 2.20. The van der Waals surface area contributed by atoms with Crippen LogP contribution in [0.5, 0.6) is 0 Å². The quantitative estimate of drug-likeness (QED) is 0.765. The van der Waals surface area contributed by atoms with Gasteiger partial charge in [-0.1, -0.05) is 18.2 Å². The summed E-state index contributed by atoms with van der Waals surface area (Å²) < 4.78 is 27.1. The number of nitrogens with zero attached hydrogens (tertiary/aromatic N) is 2. The molecule has 1 aliphatic rings. The summed E-state index contributed by atoms with van der Waals surface area (Å²) in [7, 11) is -3.55. The first kappa shape index (κ1) is 17.3. The Hall–Kier alpha value is -1.54. The van der Waals surface area contributed by atoms with Gasteiger partial charge in [-0.2, -0.15) is 4.31 Å². The van der Waals surface area contributed by atoms with Crippen LogP contribution >= 0.6 is 11.3 Å². The second kappa shape index (κ2) is 7.14. The highest BCUT2D eigenvalue weighted by molar-refractivity contribution is 7.89. The van der Waals surface area contributed by atoms with Crippen molar-refractivity contribution in [3.63, 3.8) is 0 Å². The first-order valence-electron chi connectivity index (χ1n) is 7.83. The van der Waals surface area contributed by atoms with E-state index in [-0.39, 0.29) is 10.7 Å². The average Bonchev–Trinajstić information content (AvgIpc) is 3.08. The Morgan fingerprint density at radius 2 is 1.88 bits per heavy atom. The number of Topliss-reactive ketones (excluding diaryl/α,β-unsaturated/α-hetero) is 1. The van der Waals surface area contributed by atoms with Crippen LogP contribution in [0.3, 0.4) is 0 Å². The van der Waals surface area contributed by atoms with Gasteiger partial charge in [-0.25, -0.2) is 8.42 Å². The molecule has 24 heavy (non-hydrogen) atoms. The van der Waals surface area contributed by atoms with Gasteiger partial charge >= 0.3 is 0 Å². The van der Waals surface area contributed by atoms with Crippen molar-refractivity contribution in [1.29, 1.82) is 0 Å². The minimum Gasteiger partial charge on any atom is -0.296 e. The van der Waals surface area contributed by atoms with E-state index < -0.39 is 10.0 Å². The second-order valence-electron chi connectivity index (χ2n) is 5.84. The number of carbonyl (C=O) groups excluding carboxylic acids is 1. The van der Waals surface area contributed by atoms with Gasteiger partial charge in [0, 0.05) is 43.2 Å². The molecular formula is C17H20N2O3S2. The average molecular weight is 364 g/mol. The van der Waals surface area contributed by atoms with Gasteiger partial charge in [-0.05, 0) is 30.5 Å². The fourth-order valence-corrected chi connectivity index (χ4v) is 4.99. The standard InChI is InChI=1S/C17H20N2O3S2/c1-14(20)15-4-2-6-17(12-15)24(21,22)19-9-7-18(8-10-19)13-16-5-3-11-23-16/h2-6,11-12H,7-10,13H2,1H3. The molecule has 0 N–H and O–H groups in total. The van der Waals surface area contributed by atoms with Crippen molar-refractivity contribution in [3.05, 3.63) is 52.2 Å². The summed E-state index contributed by atoms with van der Waals surface area (Å²) in [6.45, 7) is 4.67. The van der Waals surface area contributed by atoms with E-state index >= 15 is 0 Å². The minimum absolute atomic E-state index is 0.132. The van der Waals surface area contributed by atoms with Gasteiger partial charge in [0.1, 0.15) is 0 Å². The molecule has 0 saturated carbocycles. The van der Waals surface area contributed by atoms with Gasteiger partial charge in [0.15, 0.2) is 5.78 Å². The third-order valence-corrected chi connectivity index (χ3v) is 6.92. The highest BCUT2D eigenvalue weighted by atomic mass is 32.2. The third kappa shape index (κ3) is 3.75. The first-order chi connectivity index (χ1) is 11.5. The topological polar surface area (TPSA) is 57.7 Å². The van der Waals surface area contributed by atoms with E-state index in [9.17, 15) is 13.2 Å². The Kier molecular flexibility index (Phi) is 5.15. The number of piperazine rings is 1. The molecule has 7 heteroatoms. The summed E-state index contributed by atoms with van der Waals surface area (Å²) in [5, 5.41) is 2.05. The van der Waals surface area contributed by atoms with Crippen LogP contribution < -0.4 is 0 Å². The van der Waals surface area contributed by atoms with Crippen LogP contribution in [-0.2, 0) is 16.6 Å². The molecule has 3 rings (SSSR count). The number of sulfonamides is 1. The highest BCUT2D eigenvalue weighted by Gasteiger charge is 2.28. The molecule has 1 aliphatic heterocycles. The van der Waals surface area contributed by atoms with Gasteiger partial charge in [0.25, 0.3) is 0 Å². The Morgan fingerprint density at radius 3 is 2.50 bits per heavy atom. The van der Waals surface area contributed by atoms with Crippen molar-refractivity contribution in [2.75, 3.05) is 26.2 Å². The van der Waals surface area contributed by atoms with Crippen LogP contribution in [0.25, 0.3) is 0 Å². The number of hydrogen-bond acceptors (Lipinski definition) is 5. The zero-order valence-corrected chi connectivity index (χ0v) is 15.1. The molecule has 1 fully saturated rings. The van der Waals surface area contributed by atoms with Crippen molar-refractivity contribution < 1.29 is 13.2 Å². The van der Waals surface area contributed by atoms with Crippen LogP contribution in [0, 0.1) is 0 Å². The van der Waals surface area contributed by atoms with E-state index in [4.69, 9.17) is 0 Å². The summed E-state index contributed by atoms with van der Waals surface area (Å²) in [4.78, 5) is 15.2. The molecule has 1 aromatic carbocycles. The largest absolute Gasteiger partial charge is 0.296 e. The van der Waals surface area contributed by atoms with Gasteiger partial charge in [-0.15, -0.1) is 11.3 Å². The van der Waals surface area contributed by atoms with Crippen molar-refractivity contribution in [2.24, 2.45) is 0 Å². The lowest BCUT2D eigenvalue weighted by molar-refractivity contribution is 0.101. The molecule has 0 radical (unpaired) electrons. The Balaban J connectivity index is 1.68. The van der Waals surface area contributed by atoms with Crippen LogP contribution in [0.1, 0.15) is 22.2 Å². The van der Waals surface area contributed by atoms with Crippen molar-refractivity contribution in [3.8, 4) is 0 Å². The molecule has 2 heterocycles. The lowest BCUT2D eigenvalue weighted by atomic mass is 10.2. The summed E-state index contributed by atoms with van der Waals surface area (Å²) in [6.07, 6.45) is 0. The predicted molar refractivity (Wildman–Crippen MR) is 94.8 cm³/mol. The lowest BCUT2D eigenvalue weighted by Gasteiger charge is -2.33. The van der Waals surface area contributed by atoms with Crippen molar-refractivity contribution >= 4 is 27.1 Å². The maximum Gasteiger partial charge on any atom is 0.243 e.